The summed E-state index contributed by atoms with van der Waals surface area (Å²) in [7, 11) is 0. The molecule has 1 N–H and O–H groups in total. The molecule has 0 spiro atoms. The van der Waals surface area contributed by atoms with E-state index in [2.05, 4.69) is 0 Å². The predicted octanol–water partition coefficient (Wildman–Crippen LogP) is 1.33. The third-order valence-electron chi connectivity index (χ3n) is 1.47. The van der Waals surface area contributed by atoms with Crippen molar-refractivity contribution in [1.82, 2.24) is 0 Å². The number of carbonyl (C=O) groups is 2. The van der Waals surface area contributed by atoms with E-state index in [0.29, 0.717) is 13.0 Å². The van der Waals surface area contributed by atoms with Crippen LogP contribution in [0.3, 0.4) is 0 Å². The maximum absolute atomic E-state index is 11.0. The van der Waals surface area contributed by atoms with E-state index in [4.69, 9.17) is 14.6 Å². The first-order valence-electron chi connectivity index (χ1n) is 4.77. The number of esters is 1. The van der Waals surface area contributed by atoms with Crippen LogP contribution in [-0.2, 0) is 19.1 Å². The number of allylic oxidation sites excluding steroid dienone is 1. The Morgan fingerprint density at radius 3 is 2.60 bits per heavy atom. The minimum atomic E-state index is -0.904. The van der Waals surface area contributed by atoms with Gasteiger partial charge >= 0.3 is 11.9 Å². The van der Waals surface area contributed by atoms with E-state index >= 15 is 0 Å². The van der Waals surface area contributed by atoms with Crippen molar-refractivity contribution < 1.29 is 24.2 Å². The van der Waals surface area contributed by atoms with Crippen LogP contribution in [-0.4, -0.2) is 30.3 Å². The lowest BCUT2D eigenvalue weighted by molar-refractivity contribution is -0.145. The van der Waals surface area contributed by atoms with Crippen molar-refractivity contribution in [3.63, 3.8) is 0 Å². The molecule has 0 saturated heterocycles. The molecule has 0 aromatic carbocycles. The van der Waals surface area contributed by atoms with Gasteiger partial charge in [0.25, 0.3) is 0 Å². The Balaban J connectivity index is 3.29. The van der Waals surface area contributed by atoms with Crippen LogP contribution in [0.5, 0.6) is 0 Å². The predicted molar refractivity (Wildman–Crippen MR) is 53.2 cm³/mol. The fraction of sp³-hybridized carbons (Fsp3) is 0.600. The van der Waals surface area contributed by atoms with E-state index in [1.54, 1.807) is 6.08 Å². The number of carboxylic acid groups (broad SMARTS) is 1. The summed E-state index contributed by atoms with van der Waals surface area (Å²) in [6.45, 7) is 2.32. The number of aliphatic carboxylic acids is 1. The zero-order chi connectivity index (χ0) is 11.5. The number of ether oxygens (including phenoxy) is 2. The molecule has 0 aromatic rings. The van der Waals surface area contributed by atoms with E-state index in [0.717, 1.165) is 0 Å². The highest BCUT2D eigenvalue weighted by molar-refractivity contribution is 5.71. The monoisotopic (exact) mass is 216 g/mol. The van der Waals surface area contributed by atoms with Gasteiger partial charge in [-0.05, 0) is 13.3 Å². The Morgan fingerprint density at radius 1 is 1.27 bits per heavy atom. The van der Waals surface area contributed by atoms with Gasteiger partial charge in [0.2, 0.25) is 0 Å². The smallest absolute Gasteiger partial charge is 0.305 e. The molecule has 86 valence electrons. The topological polar surface area (TPSA) is 72.8 Å². The van der Waals surface area contributed by atoms with Crippen molar-refractivity contribution in [3.8, 4) is 0 Å². The van der Waals surface area contributed by atoms with Crippen molar-refractivity contribution in [2.24, 2.45) is 0 Å². The fourth-order valence-electron chi connectivity index (χ4n) is 0.824. The molecule has 0 heterocycles. The summed E-state index contributed by atoms with van der Waals surface area (Å²) in [6.07, 6.45) is 3.68. The van der Waals surface area contributed by atoms with Crippen LogP contribution in [0.2, 0.25) is 0 Å². The molecule has 0 fully saturated rings. The number of hydrogen-bond donors (Lipinski definition) is 1. The SMILES string of the molecule is CC=COCCOC(=O)CCCC(=O)O. The van der Waals surface area contributed by atoms with Gasteiger partial charge in [-0.2, -0.15) is 0 Å². The van der Waals surface area contributed by atoms with E-state index in [-0.39, 0.29) is 25.4 Å². The first kappa shape index (κ1) is 13.5. The minimum absolute atomic E-state index is 0.00975. The molecule has 0 saturated carbocycles. The molecular weight excluding hydrogens is 200 g/mol. The van der Waals surface area contributed by atoms with Gasteiger partial charge in [0.1, 0.15) is 13.2 Å². The van der Waals surface area contributed by atoms with E-state index in [1.165, 1.54) is 6.26 Å². The Labute approximate surface area is 88.7 Å². The largest absolute Gasteiger partial charge is 0.498 e. The zero-order valence-electron chi connectivity index (χ0n) is 8.77. The van der Waals surface area contributed by atoms with E-state index < -0.39 is 5.97 Å². The standard InChI is InChI=1S/C10H16O5/c1-2-6-14-7-8-15-10(13)5-3-4-9(11)12/h2,6H,3-5,7-8H2,1H3,(H,11,12). The average molecular weight is 216 g/mol. The molecule has 0 unspecified atom stereocenters. The van der Waals surface area contributed by atoms with Crippen molar-refractivity contribution in [2.45, 2.75) is 26.2 Å². The molecule has 5 heteroatoms. The average Bonchev–Trinajstić information content (AvgIpc) is 2.17. The highest BCUT2D eigenvalue weighted by atomic mass is 16.6. The van der Waals surface area contributed by atoms with E-state index in [9.17, 15) is 9.59 Å². The lowest BCUT2D eigenvalue weighted by Crippen LogP contribution is -2.09. The summed E-state index contributed by atoms with van der Waals surface area (Å²) in [5, 5.41) is 8.32. The second-order valence-corrected chi connectivity index (χ2v) is 2.81. The van der Waals surface area contributed by atoms with Crippen LogP contribution < -0.4 is 0 Å². The van der Waals surface area contributed by atoms with Gasteiger partial charge in [0.15, 0.2) is 0 Å². The van der Waals surface area contributed by atoms with Crippen molar-refractivity contribution in [3.05, 3.63) is 12.3 Å². The summed E-state index contributed by atoms with van der Waals surface area (Å²) in [5.74, 6) is -1.29. The summed E-state index contributed by atoms with van der Waals surface area (Å²) in [6, 6.07) is 0. The molecule has 0 aliphatic rings. The van der Waals surface area contributed by atoms with Crippen LogP contribution >= 0.6 is 0 Å². The number of carboxylic acids is 1. The molecule has 0 aliphatic heterocycles. The second-order valence-electron chi connectivity index (χ2n) is 2.81. The minimum Gasteiger partial charge on any atom is -0.498 e. The quantitative estimate of drug-likeness (QED) is 0.376. The van der Waals surface area contributed by atoms with Crippen molar-refractivity contribution in [1.29, 1.82) is 0 Å². The van der Waals surface area contributed by atoms with Crippen LogP contribution in [0.1, 0.15) is 26.2 Å². The first-order valence-corrected chi connectivity index (χ1v) is 4.77. The summed E-state index contributed by atoms with van der Waals surface area (Å²) in [5.41, 5.74) is 0. The van der Waals surface area contributed by atoms with Crippen LogP contribution in [0.4, 0.5) is 0 Å². The number of carbonyl (C=O) groups excluding carboxylic acids is 1. The molecule has 0 aliphatic carbocycles. The Bertz CT molecular complexity index is 222. The van der Waals surface area contributed by atoms with Gasteiger partial charge in [0.05, 0.1) is 6.26 Å². The molecule has 0 amide bonds. The summed E-state index contributed by atoms with van der Waals surface area (Å²) < 4.78 is 9.70. The molecule has 15 heavy (non-hydrogen) atoms. The van der Waals surface area contributed by atoms with Gasteiger partial charge in [-0.1, -0.05) is 6.08 Å². The van der Waals surface area contributed by atoms with Crippen LogP contribution in [0.25, 0.3) is 0 Å². The van der Waals surface area contributed by atoms with Crippen molar-refractivity contribution >= 4 is 11.9 Å². The maximum Gasteiger partial charge on any atom is 0.305 e. The number of rotatable bonds is 8. The molecule has 0 radical (unpaired) electrons. The highest BCUT2D eigenvalue weighted by Gasteiger charge is 2.04. The normalized spacial score (nSPS) is 10.2. The third-order valence-corrected chi connectivity index (χ3v) is 1.47. The Hall–Kier alpha value is -1.52. The van der Waals surface area contributed by atoms with Gasteiger partial charge in [-0.3, -0.25) is 9.59 Å². The fourth-order valence-corrected chi connectivity index (χ4v) is 0.824. The van der Waals surface area contributed by atoms with Gasteiger partial charge in [0, 0.05) is 12.8 Å². The molecule has 0 bridgehead atoms. The lowest BCUT2D eigenvalue weighted by Gasteiger charge is -2.03. The molecule has 5 nitrogen and oxygen atoms in total. The summed E-state index contributed by atoms with van der Waals surface area (Å²) >= 11 is 0. The molecule has 0 aromatic heterocycles. The highest BCUT2D eigenvalue weighted by Crippen LogP contribution is 1.97. The Kier molecular flexibility index (Phi) is 8.13. The van der Waals surface area contributed by atoms with Crippen molar-refractivity contribution in [2.75, 3.05) is 13.2 Å². The summed E-state index contributed by atoms with van der Waals surface area (Å²) in [4.78, 5) is 21.1. The molecular formula is C10H16O5. The van der Waals surface area contributed by atoms with Gasteiger partial charge in [-0.15, -0.1) is 0 Å². The van der Waals surface area contributed by atoms with Gasteiger partial charge in [-0.25, -0.2) is 0 Å². The maximum atomic E-state index is 11.0. The Morgan fingerprint density at radius 2 is 2.00 bits per heavy atom. The van der Waals surface area contributed by atoms with Crippen LogP contribution in [0.15, 0.2) is 12.3 Å². The van der Waals surface area contributed by atoms with Crippen LogP contribution in [0, 0.1) is 0 Å². The number of hydrogen-bond acceptors (Lipinski definition) is 4. The first-order chi connectivity index (χ1) is 7.16. The third kappa shape index (κ3) is 10.4. The zero-order valence-corrected chi connectivity index (χ0v) is 8.77. The molecule has 0 atom stereocenters. The molecule has 0 rings (SSSR count). The second kappa shape index (κ2) is 9.05. The lowest BCUT2D eigenvalue weighted by atomic mass is 10.2. The van der Waals surface area contributed by atoms with Gasteiger partial charge < -0.3 is 14.6 Å². The van der Waals surface area contributed by atoms with E-state index in [1.807, 2.05) is 6.92 Å².